The van der Waals surface area contributed by atoms with Gasteiger partial charge in [-0.25, -0.2) is 4.68 Å². The molecule has 0 fully saturated rings. The van der Waals surface area contributed by atoms with Crippen molar-refractivity contribution in [3.05, 3.63) is 24.2 Å². The molecule has 1 amide bonds. The zero-order valence-corrected chi connectivity index (χ0v) is 10.9. The van der Waals surface area contributed by atoms with Crippen molar-refractivity contribution in [2.45, 2.75) is 11.7 Å². The van der Waals surface area contributed by atoms with Crippen LogP contribution in [0.4, 0.5) is 0 Å². The molecule has 2 heterocycles. The number of aromatic nitrogens is 4. The molecular formula is C10H13N5O2S. The van der Waals surface area contributed by atoms with Crippen molar-refractivity contribution in [3.8, 4) is 0 Å². The van der Waals surface area contributed by atoms with Crippen LogP contribution in [0, 0.1) is 0 Å². The molecule has 0 spiro atoms. The second kappa shape index (κ2) is 5.67. The van der Waals surface area contributed by atoms with Crippen LogP contribution in [0.5, 0.6) is 0 Å². The van der Waals surface area contributed by atoms with E-state index in [9.17, 15) is 4.79 Å². The Morgan fingerprint density at radius 3 is 3.06 bits per heavy atom. The molecule has 0 radical (unpaired) electrons. The van der Waals surface area contributed by atoms with Gasteiger partial charge in [0.25, 0.3) is 0 Å². The van der Waals surface area contributed by atoms with Crippen LogP contribution in [0.15, 0.2) is 28.0 Å². The van der Waals surface area contributed by atoms with Crippen LogP contribution in [0.3, 0.4) is 0 Å². The maximum absolute atomic E-state index is 11.5. The zero-order valence-electron chi connectivity index (χ0n) is 10.1. The van der Waals surface area contributed by atoms with Crippen LogP contribution in [0.25, 0.3) is 0 Å². The summed E-state index contributed by atoms with van der Waals surface area (Å²) in [7, 11) is 3.43. The summed E-state index contributed by atoms with van der Waals surface area (Å²) >= 11 is 1.31. The third-order valence-corrected chi connectivity index (χ3v) is 3.15. The number of thioether (sulfide) groups is 1. The lowest BCUT2D eigenvalue weighted by Gasteiger charge is -2.08. The van der Waals surface area contributed by atoms with E-state index in [0.717, 1.165) is 5.76 Å². The van der Waals surface area contributed by atoms with Gasteiger partial charge in [-0.2, -0.15) is 0 Å². The fourth-order valence-electron chi connectivity index (χ4n) is 1.20. The summed E-state index contributed by atoms with van der Waals surface area (Å²) in [6.45, 7) is 0.457. The van der Waals surface area contributed by atoms with E-state index in [1.54, 1.807) is 25.0 Å². The van der Waals surface area contributed by atoms with E-state index in [1.165, 1.54) is 16.7 Å². The molecule has 0 saturated heterocycles. The van der Waals surface area contributed by atoms with E-state index in [-0.39, 0.29) is 5.91 Å². The van der Waals surface area contributed by atoms with Crippen molar-refractivity contribution in [3.63, 3.8) is 0 Å². The molecule has 18 heavy (non-hydrogen) atoms. The number of rotatable bonds is 5. The van der Waals surface area contributed by atoms with Crippen LogP contribution >= 0.6 is 11.8 Å². The Morgan fingerprint density at radius 1 is 1.56 bits per heavy atom. The summed E-state index contributed by atoms with van der Waals surface area (Å²) in [5.41, 5.74) is 0. The molecule has 0 aliphatic rings. The third-order valence-electron chi connectivity index (χ3n) is 2.21. The van der Waals surface area contributed by atoms with E-state index in [0.29, 0.717) is 17.5 Å². The summed E-state index contributed by atoms with van der Waals surface area (Å²) < 4.78 is 6.83. The molecule has 2 aromatic rings. The maximum atomic E-state index is 11.5. The zero-order chi connectivity index (χ0) is 13.0. The smallest absolute Gasteiger partial charge is 0.232 e. The van der Waals surface area contributed by atoms with Crippen molar-refractivity contribution in [1.29, 1.82) is 0 Å². The summed E-state index contributed by atoms with van der Waals surface area (Å²) in [5, 5.41) is 11.9. The monoisotopic (exact) mass is 267 g/mol. The summed E-state index contributed by atoms with van der Waals surface area (Å²) in [5.74, 6) is 1.10. The second-order valence-corrected chi connectivity index (χ2v) is 4.72. The average molecular weight is 267 g/mol. The molecule has 7 nitrogen and oxygen atoms in total. The average Bonchev–Trinajstić information content (AvgIpc) is 2.98. The predicted octanol–water partition coefficient (Wildman–Crippen LogP) is 0.495. The van der Waals surface area contributed by atoms with Crippen LogP contribution in [-0.4, -0.2) is 50.9 Å². The van der Waals surface area contributed by atoms with Crippen molar-refractivity contribution >= 4 is 17.7 Å². The second-order valence-electron chi connectivity index (χ2n) is 3.78. The van der Waals surface area contributed by atoms with Gasteiger partial charge in [-0.3, -0.25) is 4.79 Å². The Kier molecular flexibility index (Phi) is 3.98. The normalized spacial score (nSPS) is 10.6. The Morgan fingerprint density at radius 2 is 2.39 bits per heavy atom. The molecule has 0 bridgehead atoms. The summed E-state index contributed by atoms with van der Waals surface area (Å²) in [4.78, 5) is 13.0. The molecule has 0 aliphatic heterocycles. The number of nitrogens with zero attached hydrogens (tertiary/aromatic N) is 5. The van der Waals surface area contributed by atoms with Crippen LogP contribution in [-0.2, 0) is 11.3 Å². The van der Waals surface area contributed by atoms with Gasteiger partial charge in [0.05, 0.1) is 12.0 Å². The van der Waals surface area contributed by atoms with Gasteiger partial charge in [0.1, 0.15) is 12.3 Å². The first kappa shape index (κ1) is 12.6. The number of carbonyl (C=O) groups is 1. The van der Waals surface area contributed by atoms with E-state index >= 15 is 0 Å². The standard InChI is InChI=1S/C10H13N5O2S/c1-14(2)9(16)7-18-10-11-12-13-15(10)6-8-4-3-5-17-8/h3-5H,6-7H2,1-2H3. The molecular weight excluding hydrogens is 254 g/mol. The number of tetrazole rings is 1. The highest BCUT2D eigenvalue weighted by Gasteiger charge is 2.12. The van der Waals surface area contributed by atoms with Gasteiger partial charge in [0.2, 0.25) is 11.1 Å². The Labute approximate surface area is 108 Å². The number of hydrogen-bond donors (Lipinski definition) is 0. The molecule has 0 unspecified atom stereocenters. The fraction of sp³-hybridized carbons (Fsp3) is 0.400. The van der Waals surface area contributed by atoms with E-state index < -0.39 is 0 Å². The lowest BCUT2D eigenvalue weighted by Crippen LogP contribution is -2.23. The summed E-state index contributed by atoms with van der Waals surface area (Å²) in [6, 6.07) is 3.66. The predicted molar refractivity (Wildman–Crippen MR) is 65.0 cm³/mol. The lowest BCUT2D eigenvalue weighted by molar-refractivity contribution is -0.125. The molecule has 0 atom stereocenters. The lowest BCUT2D eigenvalue weighted by atomic mass is 10.4. The SMILES string of the molecule is CN(C)C(=O)CSc1nnnn1Cc1ccco1. The van der Waals surface area contributed by atoms with Crippen molar-refractivity contribution in [2.75, 3.05) is 19.8 Å². The summed E-state index contributed by atoms with van der Waals surface area (Å²) in [6.07, 6.45) is 1.60. The Bertz CT molecular complexity index is 508. The molecule has 0 aromatic carbocycles. The molecule has 0 aliphatic carbocycles. The Hall–Kier alpha value is -1.83. The first-order valence-electron chi connectivity index (χ1n) is 5.28. The first-order valence-corrected chi connectivity index (χ1v) is 6.27. The van der Waals surface area contributed by atoms with E-state index in [1.807, 2.05) is 12.1 Å². The first-order chi connectivity index (χ1) is 8.66. The minimum Gasteiger partial charge on any atom is -0.467 e. The van der Waals surface area contributed by atoms with Crippen LogP contribution in [0.2, 0.25) is 0 Å². The molecule has 2 rings (SSSR count). The number of amides is 1. The van der Waals surface area contributed by atoms with Gasteiger partial charge in [0, 0.05) is 14.1 Å². The number of furan rings is 1. The van der Waals surface area contributed by atoms with Gasteiger partial charge in [-0.1, -0.05) is 11.8 Å². The van der Waals surface area contributed by atoms with Crippen LogP contribution < -0.4 is 0 Å². The molecule has 8 heteroatoms. The quantitative estimate of drug-likeness (QED) is 0.734. The maximum Gasteiger partial charge on any atom is 0.232 e. The van der Waals surface area contributed by atoms with Gasteiger partial charge in [-0.15, -0.1) is 5.10 Å². The Balaban J connectivity index is 1.97. The number of hydrogen-bond acceptors (Lipinski definition) is 6. The van der Waals surface area contributed by atoms with E-state index in [2.05, 4.69) is 15.5 Å². The topological polar surface area (TPSA) is 77.1 Å². The van der Waals surface area contributed by atoms with Crippen LogP contribution in [0.1, 0.15) is 5.76 Å². The van der Waals surface area contributed by atoms with Gasteiger partial charge in [0.15, 0.2) is 0 Å². The minimum atomic E-state index is 0.0209. The van der Waals surface area contributed by atoms with Gasteiger partial charge < -0.3 is 9.32 Å². The molecule has 96 valence electrons. The van der Waals surface area contributed by atoms with Gasteiger partial charge in [-0.05, 0) is 22.6 Å². The molecule has 0 N–H and O–H groups in total. The van der Waals surface area contributed by atoms with Crippen molar-refractivity contribution in [1.82, 2.24) is 25.1 Å². The van der Waals surface area contributed by atoms with Crippen molar-refractivity contribution < 1.29 is 9.21 Å². The van der Waals surface area contributed by atoms with E-state index in [4.69, 9.17) is 4.42 Å². The highest BCUT2D eigenvalue weighted by molar-refractivity contribution is 7.99. The van der Waals surface area contributed by atoms with Crippen molar-refractivity contribution in [2.24, 2.45) is 0 Å². The fourth-order valence-corrected chi connectivity index (χ4v) is 2.06. The highest BCUT2D eigenvalue weighted by Crippen LogP contribution is 2.15. The molecule has 2 aromatic heterocycles. The number of carbonyl (C=O) groups excluding carboxylic acids is 1. The largest absolute Gasteiger partial charge is 0.467 e. The van der Waals surface area contributed by atoms with Gasteiger partial charge >= 0.3 is 0 Å². The minimum absolute atomic E-state index is 0.0209. The molecule has 0 saturated carbocycles. The highest BCUT2D eigenvalue weighted by atomic mass is 32.2. The third kappa shape index (κ3) is 3.10.